The number of H-pyrrole nitrogens is 1. The minimum absolute atomic E-state index is 0.0126. The van der Waals surface area contributed by atoms with Crippen molar-refractivity contribution in [1.29, 1.82) is 0 Å². The molecule has 0 atom stereocenters. The molecule has 0 spiro atoms. The Kier molecular flexibility index (Phi) is 5.99. The molecule has 0 bridgehead atoms. The third-order valence-electron chi connectivity index (χ3n) is 2.94. The summed E-state index contributed by atoms with van der Waals surface area (Å²) in [6.45, 7) is 1.72. The van der Waals surface area contributed by atoms with Crippen LogP contribution in [0.3, 0.4) is 0 Å². The Bertz CT molecular complexity index is 701. The van der Waals surface area contributed by atoms with Crippen LogP contribution in [0.2, 0.25) is 0 Å². The molecule has 0 saturated carbocycles. The molecule has 0 aliphatic rings. The van der Waals surface area contributed by atoms with E-state index in [0.29, 0.717) is 11.6 Å². The first-order valence-electron chi connectivity index (χ1n) is 6.99. The van der Waals surface area contributed by atoms with Crippen molar-refractivity contribution in [2.45, 2.75) is 6.92 Å². The molecule has 2 aromatic rings. The van der Waals surface area contributed by atoms with Gasteiger partial charge in [0.05, 0.1) is 11.4 Å². The van der Waals surface area contributed by atoms with Crippen LogP contribution in [0.25, 0.3) is 0 Å². The van der Waals surface area contributed by atoms with Gasteiger partial charge in [-0.15, -0.1) is 0 Å². The number of methoxy groups -OCH3 is 2. The summed E-state index contributed by atoms with van der Waals surface area (Å²) in [6, 6.07) is 4.74. The second-order valence-electron chi connectivity index (χ2n) is 4.80. The van der Waals surface area contributed by atoms with Gasteiger partial charge in [0, 0.05) is 32.4 Å². The number of carbonyl (C=O) groups is 1. The van der Waals surface area contributed by atoms with Crippen LogP contribution in [-0.4, -0.2) is 49.1 Å². The third kappa shape index (κ3) is 4.37. The van der Waals surface area contributed by atoms with Crippen molar-refractivity contribution in [3.63, 3.8) is 0 Å². The molecule has 24 heavy (non-hydrogen) atoms. The van der Waals surface area contributed by atoms with Crippen LogP contribution in [0.1, 0.15) is 16.1 Å². The monoisotopic (exact) mass is 337 g/mol. The number of aromatic amines is 1. The molecule has 0 saturated heterocycles. The fraction of sp³-hybridized carbons (Fsp3) is 0.333. The number of hydrogen-bond acceptors (Lipinski definition) is 7. The number of anilines is 2. The normalized spacial score (nSPS) is 10.5. The average Bonchev–Trinajstić information content (AvgIpc) is 2.95. The first kappa shape index (κ1) is 17.6. The molecule has 3 N–H and O–H groups in total. The smallest absolute Gasteiger partial charge is 0.341 e. The lowest BCUT2D eigenvalue weighted by Gasteiger charge is -2.16. The van der Waals surface area contributed by atoms with Crippen LogP contribution in [0.15, 0.2) is 18.2 Å². The number of nitrogens with zero attached hydrogens (tertiary/aromatic N) is 1. The molecular weight excluding hydrogens is 318 g/mol. The summed E-state index contributed by atoms with van der Waals surface area (Å²) in [4.78, 5) is 11.7. The predicted octanol–water partition coefficient (Wildman–Crippen LogP) is 2.13. The molecule has 9 heteroatoms. The van der Waals surface area contributed by atoms with E-state index in [1.807, 2.05) is 6.92 Å². The van der Waals surface area contributed by atoms with Gasteiger partial charge < -0.3 is 29.4 Å². The van der Waals surface area contributed by atoms with Crippen molar-refractivity contribution in [2.24, 2.45) is 0 Å². The van der Waals surface area contributed by atoms with Crippen molar-refractivity contribution in [3.8, 4) is 11.5 Å². The van der Waals surface area contributed by atoms with Gasteiger partial charge in [0.2, 0.25) is 0 Å². The molecule has 0 radical (unpaired) electrons. The number of aromatic carboxylic acids is 1. The number of benzene rings is 1. The molecule has 2 rings (SSSR count). The van der Waals surface area contributed by atoms with Gasteiger partial charge in [-0.1, -0.05) is 0 Å². The Morgan fingerprint density at radius 3 is 2.50 bits per heavy atom. The van der Waals surface area contributed by atoms with Crippen LogP contribution in [0, 0.1) is 6.92 Å². The summed E-state index contributed by atoms with van der Waals surface area (Å²) < 4.78 is 20.5. The highest BCUT2D eigenvalue weighted by Gasteiger charge is 2.20. The zero-order valence-electron chi connectivity index (χ0n) is 13.6. The minimum atomic E-state index is -1.15. The highest BCUT2D eigenvalue weighted by Crippen LogP contribution is 2.34. The van der Waals surface area contributed by atoms with Crippen molar-refractivity contribution >= 4 is 17.5 Å². The van der Waals surface area contributed by atoms with Crippen molar-refractivity contribution < 1.29 is 28.8 Å². The standard InChI is InChI=1S/C15H19N3O6/c1-9-4-13(18-17-9)16-11-5-10(23-7-21-2)6-12(24-8-22-3)14(11)15(19)20/h4-6H,7-8H2,1-3H3,(H,19,20)(H2,16,17,18). The van der Waals surface area contributed by atoms with E-state index in [1.54, 1.807) is 6.07 Å². The number of nitrogens with one attached hydrogen (secondary N) is 2. The summed E-state index contributed by atoms with van der Waals surface area (Å²) >= 11 is 0. The van der Waals surface area contributed by atoms with Gasteiger partial charge in [-0.3, -0.25) is 5.10 Å². The zero-order chi connectivity index (χ0) is 17.5. The fourth-order valence-electron chi connectivity index (χ4n) is 1.99. The SMILES string of the molecule is COCOc1cc(Nc2cc(C)n[nH]2)c(C(=O)O)c(OCOC)c1. The van der Waals surface area contributed by atoms with Gasteiger partial charge in [0.25, 0.3) is 0 Å². The average molecular weight is 337 g/mol. The van der Waals surface area contributed by atoms with Gasteiger partial charge in [-0.25, -0.2) is 4.79 Å². The third-order valence-corrected chi connectivity index (χ3v) is 2.94. The number of carboxylic acids is 1. The molecule has 0 aliphatic carbocycles. The van der Waals surface area contributed by atoms with Gasteiger partial charge in [-0.05, 0) is 6.92 Å². The van der Waals surface area contributed by atoms with E-state index in [4.69, 9.17) is 18.9 Å². The molecule has 0 aliphatic heterocycles. The van der Waals surface area contributed by atoms with Crippen molar-refractivity contribution in [3.05, 3.63) is 29.5 Å². The second-order valence-corrected chi connectivity index (χ2v) is 4.80. The van der Waals surface area contributed by atoms with E-state index < -0.39 is 5.97 Å². The van der Waals surface area contributed by atoms with E-state index in [2.05, 4.69) is 15.5 Å². The van der Waals surface area contributed by atoms with Crippen LogP contribution in [-0.2, 0) is 9.47 Å². The molecule has 1 aromatic carbocycles. The topological polar surface area (TPSA) is 115 Å². The Balaban J connectivity index is 2.44. The molecular formula is C15H19N3O6. The van der Waals surface area contributed by atoms with Crippen molar-refractivity contribution in [1.82, 2.24) is 10.2 Å². The molecule has 9 nitrogen and oxygen atoms in total. The highest BCUT2D eigenvalue weighted by molar-refractivity contribution is 5.98. The van der Waals surface area contributed by atoms with Crippen LogP contribution < -0.4 is 14.8 Å². The summed E-state index contributed by atoms with van der Waals surface area (Å²) in [7, 11) is 2.93. The zero-order valence-corrected chi connectivity index (χ0v) is 13.6. The largest absolute Gasteiger partial charge is 0.477 e. The summed E-state index contributed by atoms with van der Waals surface area (Å²) in [6.07, 6.45) is 0. The Labute approximate surface area is 138 Å². The number of hydrogen-bond donors (Lipinski definition) is 3. The van der Waals surface area contributed by atoms with Crippen LogP contribution >= 0.6 is 0 Å². The number of aryl methyl sites for hydroxylation is 1. The van der Waals surface area contributed by atoms with E-state index in [-0.39, 0.29) is 30.6 Å². The predicted molar refractivity (Wildman–Crippen MR) is 85.0 cm³/mol. The number of carboxylic acid groups (broad SMARTS) is 1. The van der Waals surface area contributed by atoms with E-state index >= 15 is 0 Å². The minimum Gasteiger partial charge on any atom is -0.477 e. The molecule has 1 aromatic heterocycles. The Morgan fingerprint density at radius 1 is 1.21 bits per heavy atom. The fourth-order valence-corrected chi connectivity index (χ4v) is 1.99. The highest BCUT2D eigenvalue weighted by atomic mass is 16.7. The molecule has 0 fully saturated rings. The van der Waals surface area contributed by atoms with Crippen LogP contribution in [0.5, 0.6) is 11.5 Å². The maximum absolute atomic E-state index is 11.7. The molecule has 130 valence electrons. The first-order chi connectivity index (χ1) is 11.5. The Morgan fingerprint density at radius 2 is 1.92 bits per heavy atom. The van der Waals surface area contributed by atoms with Gasteiger partial charge in [0.15, 0.2) is 13.6 Å². The number of aromatic nitrogens is 2. The quantitative estimate of drug-likeness (QED) is 0.596. The second kappa shape index (κ2) is 8.18. The number of ether oxygens (including phenoxy) is 4. The lowest BCUT2D eigenvalue weighted by Crippen LogP contribution is -2.10. The van der Waals surface area contributed by atoms with E-state index in [9.17, 15) is 9.90 Å². The van der Waals surface area contributed by atoms with Gasteiger partial charge in [0.1, 0.15) is 22.9 Å². The molecule has 1 heterocycles. The lowest BCUT2D eigenvalue weighted by molar-refractivity contribution is 0.0447. The summed E-state index contributed by atoms with van der Waals surface area (Å²) in [5.74, 6) is -0.127. The Hall–Kier alpha value is -2.78. The molecule has 0 unspecified atom stereocenters. The van der Waals surface area contributed by atoms with Crippen LogP contribution in [0.4, 0.5) is 11.5 Å². The maximum atomic E-state index is 11.7. The van der Waals surface area contributed by atoms with E-state index in [0.717, 1.165) is 5.69 Å². The first-order valence-corrected chi connectivity index (χ1v) is 6.99. The number of rotatable bonds is 9. The summed E-state index contributed by atoms with van der Waals surface area (Å²) in [5.41, 5.74) is 0.993. The van der Waals surface area contributed by atoms with Gasteiger partial charge >= 0.3 is 5.97 Å². The van der Waals surface area contributed by atoms with E-state index in [1.165, 1.54) is 26.4 Å². The maximum Gasteiger partial charge on any atom is 0.341 e. The van der Waals surface area contributed by atoms with Crippen molar-refractivity contribution in [2.75, 3.05) is 33.1 Å². The van der Waals surface area contributed by atoms with Gasteiger partial charge in [-0.2, -0.15) is 5.10 Å². The lowest BCUT2D eigenvalue weighted by atomic mass is 10.1. The summed E-state index contributed by atoms with van der Waals surface area (Å²) in [5, 5.41) is 19.3. The molecule has 0 amide bonds.